The number of aryl methyl sites for hydroxylation is 4. The number of halogens is 1. The summed E-state index contributed by atoms with van der Waals surface area (Å²) in [5, 5.41) is 3.44. The van der Waals surface area contributed by atoms with Crippen molar-refractivity contribution < 1.29 is 4.39 Å². The molecule has 112 valence electrons. The Morgan fingerprint density at radius 2 is 1.67 bits per heavy atom. The number of hydrogen-bond donors (Lipinski definition) is 1. The Kier molecular flexibility index (Phi) is 4.79. The maximum Gasteiger partial charge on any atom is 0.128 e. The second kappa shape index (κ2) is 6.40. The first-order valence-electron chi connectivity index (χ1n) is 7.51. The van der Waals surface area contributed by atoms with Crippen molar-refractivity contribution in [1.29, 1.82) is 0 Å². The van der Waals surface area contributed by atoms with Crippen molar-refractivity contribution in [3.63, 3.8) is 0 Å². The van der Waals surface area contributed by atoms with Gasteiger partial charge in [-0.3, -0.25) is 0 Å². The van der Waals surface area contributed by atoms with Crippen LogP contribution in [0.3, 0.4) is 0 Å². The average molecular weight is 285 g/mol. The third-order valence-electron chi connectivity index (χ3n) is 3.92. The molecule has 0 aliphatic rings. The monoisotopic (exact) mass is 285 g/mol. The summed E-state index contributed by atoms with van der Waals surface area (Å²) in [4.78, 5) is 0. The Morgan fingerprint density at radius 1 is 0.952 bits per heavy atom. The van der Waals surface area contributed by atoms with Gasteiger partial charge in [-0.25, -0.2) is 4.39 Å². The fourth-order valence-electron chi connectivity index (χ4n) is 2.94. The predicted octanol–water partition coefficient (Wildman–Crippen LogP) is 4.76. The standard InChI is InChI=1S/C19H24FN/c1-6-21-19(16-10-12(2)7-8-14(16)4)18-15(5)9-13(3)11-17(18)20/h7-11,19,21H,6H2,1-5H3. The molecule has 0 saturated carbocycles. The van der Waals surface area contributed by atoms with Crippen LogP contribution in [0.1, 0.15) is 46.3 Å². The van der Waals surface area contributed by atoms with Crippen LogP contribution in [0.5, 0.6) is 0 Å². The van der Waals surface area contributed by atoms with E-state index < -0.39 is 0 Å². The maximum atomic E-state index is 14.6. The first kappa shape index (κ1) is 15.7. The van der Waals surface area contributed by atoms with Crippen LogP contribution in [-0.2, 0) is 0 Å². The summed E-state index contributed by atoms with van der Waals surface area (Å²) < 4.78 is 14.6. The molecule has 2 rings (SSSR count). The minimum atomic E-state index is -0.126. The highest BCUT2D eigenvalue weighted by Crippen LogP contribution is 2.30. The molecular formula is C19H24FN. The van der Waals surface area contributed by atoms with Gasteiger partial charge in [-0.1, -0.05) is 36.8 Å². The van der Waals surface area contributed by atoms with Gasteiger partial charge in [0, 0.05) is 5.56 Å². The van der Waals surface area contributed by atoms with E-state index in [1.165, 1.54) is 11.1 Å². The normalized spacial score (nSPS) is 12.5. The van der Waals surface area contributed by atoms with Crippen molar-refractivity contribution in [3.8, 4) is 0 Å². The molecule has 2 aromatic rings. The van der Waals surface area contributed by atoms with Gasteiger partial charge < -0.3 is 5.32 Å². The average Bonchev–Trinajstić information content (AvgIpc) is 2.39. The summed E-state index contributed by atoms with van der Waals surface area (Å²) in [5.74, 6) is -0.126. The molecule has 1 nitrogen and oxygen atoms in total. The quantitative estimate of drug-likeness (QED) is 0.854. The van der Waals surface area contributed by atoms with E-state index in [4.69, 9.17) is 0 Å². The van der Waals surface area contributed by atoms with Crippen LogP contribution in [-0.4, -0.2) is 6.54 Å². The van der Waals surface area contributed by atoms with Crippen LogP contribution in [0.15, 0.2) is 30.3 Å². The van der Waals surface area contributed by atoms with Crippen molar-refractivity contribution in [2.75, 3.05) is 6.54 Å². The minimum absolute atomic E-state index is 0.101. The zero-order valence-electron chi connectivity index (χ0n) is 13.5. The van der Waals surface area contributed by atoms with E-state index in [0.29, 0.717) is 0 Å². The van der Waals surface area contributed by atoms with Crippen molar-refractivity contribution in [2.45, 2.75) is 40.7 Å². The van der Waals surface area contributed by atoms with Gasteiger partial charge >= 0.3 is 0 Å². The number of benzene rings is 2. The van der Waals surface area contributed by atoms with Gasteiger partial charge in [0.1, 0.15) is 5.82 Å². The van der Waals surface area contributed by atoms with Crippen LogP contribution < -0.4 is 5.32 Å². The molecular weight excluding hydrogens is 261 g/mol. The minimum Gasteiger partial charge on any atom is -0.306 e. The first-order valence-corrected chi connectivity index (χ1v) is 7.51. The topological polar surface area (TPSA) is 12.0 Å². The van der Waals surface area contributed by atoms with Gasteiger partial charge in [0.2, 0.25) is 0 Å². The van der Waals surface area contributed by atoms with E-state index in [9.17, 15) is 4.39 Å². The van der Waals surface area contributed by atoms with Gasteiger partial charge in [0.05, 0.1) is 6.04 Å². The Labute approximate surface area is 127 Å². The van der Waals surface area contributed by atoms with E-state index in [1.807, 2.05) is 19.9 Å². The Bertz CT molecular complexity index is 623. The fraction of sp³-hybridized carbons (Fsp3) is 0.368. The van der Waals surface area contributed by atoms with E-state index in [0.717, 1.165) is 28.8 Å². The summed E-state index contributed by atoms with van der Waals surface area (Å²) in [6.45, 7) is 10.9. The van der Waals surface area contributed by atoms with E-state index >= 15 is 0 Å². The highest BCUT2D eigenvalue weighted by Gasteiger charge is 2.21. The summed E-state index contributed by atoms with van der Waals surface area (Å²) in [7, 11) is 0. The largest absolute Gasteiger partial charge is 0.306 e. The number of rotatable bonds is 4. The van der Waals surface area contributed by atoms with Gasteiger partial charge in [-0.15, -0.1) is 0 Å². The summed E-state index contributed by atoms with van der Waals surface area (Å²) in [6, 6.07) is 9.93. The molecule has 2 heteroatoms. The predicted molar refractivity (Wildman–Crippen MR) is 87.3 cm³/mol. The molecule has 21 heavy (non-hydrogen) atoms. The molecule has 1 unspecified atom stereocenters. The van der Waals surface area contributed by atoms with Crippen LogP contribution in [0.2, 0.25) is 0 Å². The first-order chi connectivity index (χ1) is 9.93. The van der Waals surface area contributed by atoms with Crippen molar-refractivity contribution in [2.24, 2.45) is 0 Å². The second-order valence-corrected chi connectivity index (χ2v) is 5.83. The molecule has 1 atom stereocenters. The van der Waals surface area contributed by atoms with Crippen molar-refractivity contribution in [3.05, 3.63) is 69.5 Å². The molecule has 0 saturated heterocycles. The lowest BCUT2D eigenvalue weighted by Gasteiger charge is -2.24. The molecule has 0 aliphatic carbocycles. The van der Waals surface area contributed by atoms with Gasteiger partial charge in [0.25, 0.3) is 0 Å². The summed E-state index contributed by atoms with van der Waals surface area (Å²) in [5.41, 5.74) is 6.26. The Morgan fingerprint density at radius 3 is 2.29 bits per heavy atom. The van der Waals surface area contributed by atoms with Crippen molar-refractivity contribution in [1.82, 2.24) is 5.32 Å². The van der Waals surface area contributed by atoms with Crippen LogP contribution >= 0.6 is 0 Å². The molecule has 2 aromatic carbocycles. The lowest BCUT2D eigenvalue weighted by molar-refractivity contribution is 0.554. The third kappa shape index (κ3) is 3.33. The van der Waals surface area contributed by atoms with Gasteiger partial charge in [-0.05, 0) is 62.6 Å². The van der Waals surface area contributed by atoms with E-state index in [-0.39, 0.29) is 11.9 Å². The van der Waals surface area contributed by atoms with E-state index in [2.05, 4.69) is 44.3 Å². The fourth-order valence-corrected chi connectivity index (χ4v) is 2.94. The summed E-state index contributed by atoms with van der Waals surface area (Å²) in [6.07, 6.45) is 0. The molecule has 0 bridgehead atoms. The van der Waals surface area contributed by atoms with Crippen LogP contribution in [0.25, 0.3) is 0 Å². The van der Waals surface area contributed by atoms with Crippen molar-refractivity contribution >= 4 is 0 Å². The smallest absolute Gasteiger partial charge is 0.128 e. The zero-order valence-corrected chi connectivity index (χ0v) is 13.5. The lowest BCUT2D eigenvalue weighted by atomic mass is 9.90. The molecule has 0 heterocycles. The zero-order chi connectivity index (χ0) is 15.6. The molecule has 0 aromatic heterocycles. The molecule has 0 radical (unpaired) electrons. The maximum absolute atomic E-state index is 14.6. The van der Waals surface area contributed by atoms with Gasteiger partial charge in [0.15, 0.2) is 0 Å². The van der Waals surface area contributed by atoms with Crippen LogP contribution in [0, 0.1) is 33.5 Å². The Hall–Kier alpha value is -1.67. The molecule has 0 fully saturated rings. The molecule has 0 amide bonds. The van der Waals surface area contributed by atoms with Crippen LogP contribution in [0.4, 0.5) is 4.39 Å². The number of nitrogens with one attached hydrogen (secondary N) is 1. The number of hydrogen-bond acceptors (Lipinski definition) is 1. The van der Waals surface area contributed by atoms with E-state index in [1.54, 1.807) is 6.07 Å². The third-order valence-corrected chi connectivity index (χ3v) is 3.92. The Balaban J connectivity index is 2.61. The lowest BCUT2D eigenvalue weighted by Crippen LogP contribution is -2.25. The highest BCUT2D eigenvalue weighted by molar-refractivity contribution is 5.43. The molecule has 0 aliphatic heterocycles. The molecule has 0 spiro atoms. The SMILES string of the molecule is CCNC(c1cc(C)ccc1C)c1c(C)cc(C)cc1F. The molecule has 1 N–H and O–H groups in total. The summed E-state index contributed by atoms with van der Waals surface area (Å²) >= 11 is 0. The van der Waals surface area contributed by atoms with Gasteiger partial charge in [-0.2, -0.15) is 0 Å². The second-order valence-electron chi connectivity index (χ2n) is 5.83. The highest BCUT2D eigenvalue weighted by atomic mass is 19.1.